The Hall–Kier alpha value is -0.890. The highest BCUT2D eigenvalue weighted by Crippen LogP contribution is 2.20. The number of ether oxygens (including phenoxy) is 1. The third kappa shape index (κ3) is 7.31. The number of morpholine rings is 1. The fourth-order valence-electron chi connectivity index (χ4n) is 1.33. The van der Waals surface area contributed by atoms with E-state index in [9.17, 15) is 13.2 Å². The lowest BCUT2D eigenvalue weighted by Crippen LogP contribution is -2.52. The van der Waals surface area contributed by atoms with Crippen molar-refractivity contribution in [3.05, 3.63) is 0 Å². The van der Waals surface area contributed by atoms with Crippen LogP contribution in [0.2, 0.25) is 0 Å². The molecule has 0 atom stereocenters. The Bertz CT molecular complexity index is 410. The van der Waals surface area contributed by atoms with Crippen LogP contribution >= 0.6 is 0 Å². The molecular formula is C9H15F3N2O4S. The summed E-state index contributed by atoms with van der Waals surface area (Å²) in [4.78, 5) is 0. The van der Waals surface area contributed by atoms with E-state index in [-0.39, 0.29) is 0 Å². The first-order chi connectivity index (χ1) is 8.52. The molecule has 10 heteroatoms. The third-order valence-corrected chi connectivity index (χ3v) is 3.16. The van der Waals surface area contributed by atoms with Gasteiger partial charge in [0.25, 0.3) is 0 Å². The van der Waals surface area contributed by atoms with Gasteiger partial charge >= 0.3 is 5.51 Å². The fraction of sp³-hybridized carbons (Fsp3) is 0.889. The van der Waals surface area contributed by atoms with Gasteiger partial charge in [-0.2, -0.15) is 18.4 Å². The first-order valence-electron chi connectivity index (χ1n) is 5.32. The number of nitriles is 1. The predicted octanol–water partition coefficient (Wildman–Crippen LogP) is 0.428. The largest absolute Gasteiger partial charge is 0.741 e. The number of hydrogen-bond acceptors (Lipinski definition) is 5. The SMILES string of the molecule is C[N+]1(CCC#N)CCOCC1.O=S(=O)([O-])C(F)(F)F. The molecule has 0 radical (unpaired) electrons. The molecule has 19 heavy (non-hydrogen) atoms. The molecule has 6 nitrogen and oxygen atoms in total. The van der Waals surface area contributed by atoms with Crippen LogP contribution in [0, 0.1) is 11.3 Å². The van der Waals surface area contributed by atoms with Crippen molar-refractivity contribution in [3.8, 4) is 6.07 Å². The summed E-state index contributed by atoms with van der Waals surface area (Å²) in [6.07, 6.45) is 0.663. The van der Waals surface area contributed by atoms with Crippen molar-refractivity contribution in [2.45, 2.75) is 11.9 Å². The molecule has 0 bridgehead atoms. The highest BCUT2D eigenvalue weighted by Gasteiger charge is 2.36. The van der Waals surface area contributed by atoms with Crippen molar-refractivity contribution in [2.75, 3.05) is 39.9 Å². The van der Waals surface area contributed by atoms with Gasteiger partial charge < -0.3 is 13.8 Å². The van der Waals surface area contributed by atoms with Gasteiger partial charge in [-0.3, -0.25) is 0 Å². The van der Waals surface area contributed by atoms with Gasteiger partial charge in [-0.25, -0.2) is 8.42 Å². The van der Waals surface area contributed by atoms with Crippen LogP contribution in [0.5, 0.6) is 0 Å². The molecule has 1 saturated heterocycles. The van der Waals surface area contributed by atoms with Crippen molar-refractivity contribution >= 4 is 10.1 Å². The van der Waals surface area contributed by atoms with Crippen LogP contribution in [0.1, 0.15) is 6.42 Å². The first-order valence-corrected chi connectivity index (χ1v) is 6.73. The maximum Gasteiger partial charge on any atom is 0.485 e. The van der Waals surface area contributed by atoms with Crippen LogP contribution in [-0.4, -0.2) is 62.9 Å². The summed E-state index contributed by atoms with van der Waals surface area (Å²) in [5, 5.41) is 8.42. The second-order valence-corrected chi connectivity index (χ2v) is 5.58. The molecule has 0 saturated carbocycles. The van der Waals surface area contributed by atoms with Gasteiger partial charge in [-0.05, 0) is 0 Å². The quantitative estimate of drug-likeness (QED) is 0.419. The lowest BCUT2D eigenvalue weighted by Gasteiger charge is -2.36. The van der Waals surface area contributed by atoms with Gasteiger partial charge in [0.2, 0.25) is 0 Å². The average molecular weight is 304 g/mol. The van der Waals surface area contributed by atoms with E-state index >= 15 is 0 Å². The van der Waals surface area contributed by atoms with E-state index < -0.39 is 15.6 Å². The van der Waals surface area contributed by atoms with Gasteiger partial charge in [-0.15, -0.1) is 0 Å². The fourth-order valence-corrected chi connectivity index (χ4v) is 1.33. The van der Waals surface area contributed by atoms with Gasteiger partial charge in [-0.1, -0.05) is 0 Å². The number of hydrogen-bond donors (Lipinski definition) is 0. The van der Waals surface area contributed by atoms with E-state index in [1.807, 2.05) is 0 Å². The predicted molar refractivity (Wildman–Crippen MR) is 57.6 cm³/mol. The number of rotatable bonds is 2. The molecule has 0 aliphatic carbocycles. The molecule has 0 aromatic heterocycles. The smallest absolute Gasteiger partial charge is 0.485 e. The summed E-state index contributed by atoms with van der Waals surface area (Å²) >= 11 is 0. The molecule has 1 rings (SSSR count). The second kappa shape index (κ2) is 7.04. The number of alkyl halides is 3. The van der Waals surface area contributed by atoms with Crippen molar-refractivity contribution in [2.24, 2.45) is 0 Å². The summed E-state index contributed by atoms with van der Waals surface area (Å²) in [6.45, 7) is 4.78. The lowest BCUT2D eigenvalue weighted by atomic mass is 10.3. The minimum absolute atomic E-state index is 0.663. The Kier molecular flexibility index (Phi) is 6.71. The molecule has 1 aliphatic heterocycles. The van der Waals surface area contributed by atoms with Crippen molar-refractivity contribution < 1.29 is 35.4 Å². The zero-order chi connectivity index (χ0) is 15.2. The molecular weight excluding hydrogens is 289 g/mol. The molecule has 0 unspecified atom stereocenters. The summed E-state index contributed by atoms with van der Waals surface area (Å²) in [5.41, 5.74) is -5.65. The van der Waals surface area contributed by atoms with E-state index in [4.69, 9.17) is 23.0 Å². The molecule has 0 spiro atoms. The van der Waals surface area contributed by atoms with Crippen LogP contribution in [0.3, 0.4) is 0 Å². The summed E-state index contributed by atoms with van der Waals surface area (Å²) in [7, 11) is -3.90. The highest BCUT2D eigenvalue weighted by atomic mass is 32.2. The molecule has 1 heterocycles. The molecule has 112 valence electrons. The standard InChI is InChI=1S/C8H15N2O.CHF3O3S/c1-10(4-2-3-9)5-7-11-8-6-10;2-1(3,4)8(5,6)7/h2,4-8H2,1H3;(H,5,6,7)/q+1;/p-1. The Balaban J connectivity index is 0.000000362. The van der Waals surface area contributed by atoms with Gasteiger partial charge in [0.05, 0.1) is 39.3 Å². The number of likely N-dealkylation sites (N-methyl/N-ethyl adjacent to an activating group) is 1. The van der Waals surface area contributed by atoms with Crippen LogP contribution in [0.15, 0.2) is 0 Å². The molecule has 0 N–H and O–H groups in total. The van der Waals surface area contributed by atoms with E-state index in [1.54, 1.807) is 0 Å². The van der Waals surface area contributed by atoms with E-state index in [0.29, 0.717) is 6.42 Å². The molecule has 0 aromatic rings. The molecule has 1 aliphatic rings. The Morgan fingerprint density at radius 2 is 1.79 bits per heavy atom. The van der Waals surface area contributed by atoms with Crippen molar-refractivity contribution in [1.82, 2.24) is 0 Å². The highest BCUT2D eigenvalue weighted by molar-refractivity contribution is 7.86. The monoisotopic (exact) mass is 304 g/mol. The second-order valence-electron chi connectivity index (χ2n) is 4.21. The van der Waals surface area contributed by atoms with Crippen LogP contribution in [0.25, 0.3) is 0 Å². The van der Waals surface area contributed by atoms with Gasteiger partial charge in [0, 0.05) is 0 Å². The summed E-state index contributed by atoms with van der Waals surface area (Å²) in [5.74, 6) is 0. The molecule has 1 fully saturated rings. The summed E-state index contributed by atoms with van der Waals surface area (Å²) < 4.78 is 65.2. The third-order valence-electron chi connectivity index (χ3n) is 2.60. The molecule has 0 amide bonds. The van der Waals surface area contributed by atoms with E-state index in [0.717, 1.165) is 37.3 Å². The normalized spacial score (nSPS) is 18.9. The Labute approximate surface area is 109 Å². The van der Waals surface area contributed by atoms with Crippen LogP contribution in [-0.2, 0) is 14.9 Å². The van der Waals surface area contributed by atoms with Crippen LogP contribution < -0.4 is 0 Å². The van der Waals surface area contributed by atoms with E-state index in [1.165, 1.54) is 0 Å². The number of halogens is 3. The van der Waals surface area contributed by atoms with Gasteiger partial charge in [0.1, 0.15) is 13.1 Å². The van der Waals surface area contributed by atoms with Crippen molar-refractivity contribution in [1.29, 1.82) is 5.26 Å². The summed E-state index contributed by atoms with van der Waals surface area (Å²) in [6, 6.07) is 2.18. The first kappa shape index (κ1) is 18.1. The number of nitrogens with zero attached hydrogens (tertiary/aromatic N) is 2. The van der Waals surface area contributed by atoms with E-state index in [2.05, 4.69) is 13.1 Å². The maximum atomic E-state index is 10.7. The minimum Gasteiger partial charge on any atom is -0.741 e. The minimum atomic E-state index is -6.09. The Morgan fingerprint density at radius 3 is 2.11 bits per heavy atom. The maximum absolute atomic E-state index is 10.7. The number of quaternary nitrogens is 1. The Morgan fingerprint density at radius 1 is 1.37 bits per heavy atom. The molecule has 0 aromatic carbocycles. The van der Waals surface area contributed by atoms with Gasteiger partial charge in [0.15, 0.2) is 10.1 Å². The average Bonchev–Trinajstić information content (AvgIpc) is 2.26. The lowest BCUT2D eigenvalue weighted by molar-refractivity contribution is -0.916. The zero-order valence-electron chi connectivity index (χ0n) is 10.3. The zero-order valence-corrected chi connectivity index (χ0v) is 11.1. The van der Waals surface area contributed by atoms with Crippen molar-refractivity contribution in [3.63, 3.8) is 0 Å². The van der Waals surface area contributed by atoms with Crippen LogP contribution in [0.4, 0.5) is 13.2 Å². The topological polar surface area (TPSA) is 90.2 Å².